The molecule has 1 aliphatic rings. The van der Waals surface area contributed by atoms with Crippen molar-refractivity contribution >= 4 is 5.97 Å². The zero-order valence-corrected chi connectivity index (χ0v) is 10.3. The number of carboxylic acids is 1. The van der Waals surface area contributed by atoms with Crippen molar-refractivity contribution < 1.29 is 15.0 Å². The minimum Gasteiger partial charge on any atom is -0.481 e. The Morgan fingerprint density at radius 2 is 2.25 bits per heavy atom. The highest BCUT2D eigenvalue weighted by Gasteiger charge is 2.40. The molecule has 2 atom stereocenters. The van der Waals surface area contributed by atoms with Crippen LogP contribution in [0.1, 0.15) is 33.1 Å². The molecule has 0 bridgehead atoms. The molecule has 2 N–H and O–H groups in total. The third kappa shape index (κ3) is 2.95. The van der Waals surface area contributed by atoms with E-state index in [2.05, 4.69) is 4.90 Å². The summed E-state index contributed by atoms with van der Waals surface area (Å²) < 4.78 is 0. The van der Waals surface area contributed by atoms with Crippen LogP contribution in [0.25, 0.3) is 0 Å². The first-order valence-electron chi connectivity index (χ1n) is 6.10. The van der Waals surface area contributed by atoms with Gasteiger partial charge in [0, 0.05) is 19.7 Å². The third-order valence-electron chi connectivity index (χ3n) is 3.67. The molecule has 0 aromatic carbocycles. The number of aliphatic carboxylic acids is 1. The fourth-order valence-corrected chi connectivity index (χ4v) is 2.50. The molecule has 1 aliphatic heterocycles. The highest BCUT2D eigenvalue weighted by atomic mass is 16.4. The Labute approximate surface area is 97.3 Å². The molecule has 0 spiro atoms. The number of piperidine rings is 1. The minimum atomic E-state index is -0.670. The lowest BCUT2D eigenvalue weighted by Gasteiger charge is -2.40. The van der Waals surface area contributed by atoms with E-state index in [4.69, 9.17) is 5.11 Å². The fourth-order valence-electron chi connectivity index (χ4n) is 2.50. The first-order valence-corrected chi connectivity index (χ1v) is 6.10. The van der Waals surface area contributed by atoms with E-state index >= 15 is 0 Å². The lowest BCUT2D eigenvalue weighted by atomic mass is 9.77. The zero-order valence-electron chi connectivity index (χ0n) is 10.3. The maximum atomic E-state index is 11.3. The quantitative estimate of drug-likeness (QED) is 0.743. The molecule has 0 aromatic heterocycles. The van der Waals surface area contributed by atoms with Crippen LogP contribution in [0.15, 0.2) is 0 Å². The van der Waals surface area contributed by atoms with Gasteiger partial charge < -0.3 is 15.1 Å². The predicted molar refractivity (Wildman–Crippen MR) is 62.3 cm³/mol. The number of hydrogen-bond acceptors (Lipinski definition) is 3. The third-order valence-corrected chi connectivity index (χ3v) is 3.67. The van der Waals surface area contributed by atoms with Gasteiger partial charge in [-0.25, -0.2) is 0 Å². The lowest BCUT2D eigenvalue weighted by molar-refractivity contribution is -0.153. The van der Waals surface area contributed by atoms with Gasteiger partial charge in [0.25, 0.3) is 0 Å². The van der Waals surface area contributed by atoms with E-state index in [0.717, 1.165) is 25.9 Å². The SMILES string of the molecule is CCC1(C(=O)O)CCCN(CC(C)CO)C1. The van der Waals surface area contributed by atoms with Crippen molar-refractivity contribution in [2.24, 2.45) is 11.3 Å². The van der Waals surface area contributed by atoms with Crippen LogP contribution in [0.5, 0.6) is 0 Å². The first kappa shape index (κ1) is 13.5. The van der Waals surface area contributed by atoms with Crippen LogP contribution in [0, 0.1) is 11.3 Å². The molecule has 1 heterocycles. The second kappa shape index (κ2) is 5.64. The number of hydrogen-bond donors (Lipinski definition) is 2. The van der Waals surface area contributed by atoms with Crippen molar-refractivity contribution in [3.05, 3.63) is 0 Å². The molecule has 0 aromatic rings. The molecular weight excluding hydrogens is 206 g/mol. The van der Waals surface area contributed by atoms with Gasteiger partial charge in [-0.2, -0.15) is 0 Å². The standard InChI is InChI=1S/C12H23NO3/c1-3-12(11(15)16)5-4-6-13(9-12)7-10(2)8-14/h10,14H,3-9H2,1-2H3,(H,15,16). The van der Waals surface area contributed by atoms with Gasteiger partial charge in [0.1, 0.15) is 0 Å². The van der Waals surface area contributed by atoms with Gasteiger partial charge in [-0.3, -0.25) is 4.79 Å². The summed E-state index contributed by atoms with van der Waals surface area (Å²) in [6.45, 7) is 6.49. The van der Waals surface area contributed by atoms with Crippen molar-refractivity contribution in [1.29, 1.82) is 0 Å². The van der Waals surface area contributed by atoms with E-state index in [1.807, 2.05) is 13.8 Å². The number of aliphatic hydroxyl groups is 1. The van der Waals surface area contributed by atoms with Crippen LogP contribution in [0.3, 0.4) is 0 Å². The van der Waals surface area contributed by atoms with Gasteiger partial charge in [-0.15, -0.1) is 0 Å². The zero-order chi connectivity index (χ0) is 12.2. The summed E-state index contributed by atoms with van der Waals surface area (Å²) in [6, 6.07) is 0. The van der Waals surface area contributed by atoms with Crippen molar-refractivity contribution in [2.75, 3.05) is 26.2 Å². The molecular formula is C12H23NO3. The van der Waals surface area contributed by atoms with E-state index in [-0.39, 0.29) is 12.5 Å². The number of carbonyl (C=O) groups is 1. The second-order valence-corrected chi connectivity index (χ2v) is 5.07. The molecule has 0 aliphatic carbocycles. The molecule has 2 unspecified atom stereocenters. The fraction of sp³-hybridized carbons (Fsp3) is 0.917. The normalized spacial score (nSPS) is 28.9. The van der Waals surface area contributed by atoms with Crippen LogP contribution in [0.4, 0.5) is 0 Å². The largest absolute Gasteiger partial charge is 0.481 e. The van der Waals surface area contributed by atoms with Gasteiger partial charge in [0.05, 0.1) is 5.41 Å². The number of likely N-dealkylation sites (tertiary alicyclic amines) is 1. The number of nitrogens with zero attached hydrogens (tertiary/aromatic N) is 1. The second-order valence-electron chi connectivity index (χ2n) is 5.07. The average molecular weight is 229 g/mol. The van der Waals surface area contributed by atoms with E-state index < -0.39 is 11.4 Å². The first-order chi connectivity index (χ1) is 7.54. The summed E-state index contributed by atoms with van der Waals surface area (Å²) in [7, 11) is 0. The summed E-state index contributed by atoms with van der Waals surface area (Å²) in [5.41, 5.74) is -0.562. The summed E-state index contributed by atoms with van der Waals surface area (Å²) in [5.74, 6) is -0.446. The Morgan fingerprint density at radius 3 is 2.75 bits per heavy atom. The van der Waals surface area contributed by atoms with Gasteiger partial charge in [-0.05, 0) is 31.7 Å². The van der Waals surface area contributed by atoms with Crippen molar-refractivity contribution in [3.63, 3.8) is 0 Å². The monoisotopic (exact) mass is 229 g/mol. The summed E-state index contributed by atoms with van der Waals surface area (Å²) in [6.07, 6.45) is 2.41. The van der Waals surface area contributed by atoms with E-state index in [1.165, 1.54) is 0 Å². The Balaban J connectivity index is 2.61. The van der Waals surface area contributed by atoms with Crippen LogP contribution in [0.2, 0.25) is 0 Å². The highest BCUT2D eigenvalue weighted by molar-refractivity contribution is 5.75. The Kier molecular flexibility index (Phi) is 4.74. The van der Waals surface area contributed by atoms with Crippen LogP contribution < -0.4 is 0 Å². The van der Waals surface area contributed by atoms with E-state index in [9.17, 15) is 9.90 Å². The average Bonchev–Trinajstić information content (AvgIpc) is 2.28. The molecule has 0 amide bonds. The van der Waals surface area contributed by atoms with Crippen LogP contribution in [-0.4, -0.2) is 47.3 Å². The maximum Gasteiger partial charge on any atom is 0.310 e. The molecule has 4 heteroatoms. The van der Waals surface area contributed by atoms with Crippen LogP contribution in [-0.2, 0) is 4.79 Å². The van der Waals surface area contributed by atoms with Crippen molar-refractivity contribution in [1.82, 2.24) is 4.90 Å². The highest BCUT2D eigenvalue weighted by Crippen LogP contribution is 2.33. The van der Waals surface area contributed by atoms with Crippen molar-refractivity contribution in [3.8, 4) is 0 Å². The Hall–Kier alpha value is -0.610. The van der Waals surface area contributed by atoms with Gasteiger partial charge >= 0.3 is 5.97 Å². The van der Waals surface area contributed by atoms with Gasteiger partial charge in [-0.1, -0.05) is 13.8 Å². The molecule has 1 saturated heterocycles. The molecule has 16 heavy (non-hydrogen) atoms. The molecule has 1 fully saturated rings. The minimum absolute atomic E-state index is 0.169. The Morgan fingerprint density at radius 1 is 1.56 bits per heavy atom. The van der Waals surface area contributed by atoms with Gasteiger partial charge in [0.2, 0.25) is 0 Å². The molecule has 4 nitrogen and oxygen atoms in total. The van der Waals surface area contributed by atoms with Crippen molar-refractivity contribution in [2.45, 2.75) is 33.1 Å². The molecule has 1 rings (SSSR count). The molecule has 0 radical (unpaired) electrons. The smallest absolute Gasteiger partial charge is 0.310 e. The Bertz CT molecular complexity index is 244. The summed E-state index contributed by atoms with van der Waals surface area (Å²) in [5, 5.41) is 18.3. The molecule has 94 valence electrons. The maximum absolute atomic E-state index is 11.3. The van der Waals surface area contributed by atoms with Crippen LogP contribution >= 0.6 is 0 Å². The predicted octanol–water partition coefficient (Wildman–Crippen LogP) is 1.19. The summed E-state index contributed by atoms with van der Waals surface area (Å²) >= 11 is 0. The lowest BCUT2D eigenvalue weighted by Crippen LogP contribution is -2.48. The van der Waals surface area contributed by atoms with Gasteiger partial charge in [0.15, 0.2) is 0 Å². The number of aliphatic hydroxyl groups excluding tert-OH is 1. The topological polar surface area (TPSA) is 60.8 Å². The number of rotatable bonds is 5. The van der Waals surface area contributed by atoms with E-state index in [0.29, 0.717) is 13.0 Å². The molecule has 0 saturated carbocycles. The summed E-state index contributed by atoms with van der Waals surface area (Å²) in [4.78, 5) is 13.5. The number of carboxylic acid groups (broad SMARTS) is 1. The van der Waals surface area contributed by atoms with E-state index in [1.54, 1.807) is 0 Å².